The molecule has 0 radical (unpaired) electrons. The van der Waals surface area contributed by atoms with Gasteiger partial charge >= 0.3 is 0 Å². The molecule has 2 aliphatic carbocycles. The molecule has 0 fully saturated rings. The first kappa shape index (κ1) is 22.6. The van der Waals surface area contributed by atoms with Crippen LogP contribution in [0.2, 0.25) is 0 Å². The maximum Gasteiger partial charge on any atom is 0.143 e. The van der Waals surface area contributed by atoms with Crippen LogP contribution >= 0.6 is 11.6 Å². The third-order valence-corrected chi connectivity index (χ3v) is 9.32. The van der Waals surface area contributed by atoms with Crippen LogP contribution < -0.4 is 0 Å². The summed E-state index contributed by atoms with van der Waals surface area (Å²) in [7, 11) is 0. The van der Waals surface area contributed by atoms with Gasteiger partial charge in [0.1, 0.15) is 11.2 Å². The molecule has 5 aromatic carbocycles. The number of fused-ring (bicyclic) bond motifs is 6. The Hall–Kier alpha value is -4.33. The molecule has 0 spiro atoms. The van der Waals surface area contributed by atoms with Crippen LogP contribution in [0.5, 0.6) is 0 Å². The largest absolute Gasteiger partial charge is 0.455 e. The molecule has 0 saturated heterocycles. The molecule has 8 rings (SSSR count). The molecule has 0 saturated carbocycles. The SMILES string of the molecule is ClC12CC=CC=C1c1ccccc1C2(c1ccccc1)c1ccc(-c2cccc3c2oc2ccccc23)cc1. The fourth-order valence-electron chi connectivity index (χ4n) is 7.05. The first-order valence-corrected chi connectivity index (χ1v) is 13.8. The second-order valence-electron chi connectivity index (χ2n) is 10.5. The van der Waals surface area contributed by atoms with E-state index in [0.29, 0.717) is 0 Å². The lowest BCUT2D eigenvalue weighted by atomic mass is 9.62. The van der Waals surface area contributed by atoms with Crippen molar-refractivity contribution in [2.75, 3.05) is 0 Å². The van der Waals surface area contributed by atoms with Gasteiger partial charge in [-0.2, -0.15) is 0 Å². The predicted octanol–water partition coefficient (Wildman–Crippen LogP) is 9.92. The van der Waals surface area contributed by atoms with E-state index in [4.69, 9.17) is 16.0 Å². The van der Waals surface area contributed by atoms with Crippen LogP contribution in [0.4, 0.5) is 0 Å². The summed E-state index contributed by atoms with van der Waals surface area (Å²) in [5, 5.41) is 2.28. The van der Waals surface area contributed by atoms with E-state index in [1.807, 2.05) is 12.1 Å². The first-order valence-electron chi connectivity index (χ1n) is 13.4. The molecule has 0 aliphatic heterocycles. The predicted molar refractivity (Wildman–Crippen MR) is 162 cm³/mol. The smallest absolute Gasteiger partial charge is 0.143 e. The third-order valence-electron chi connectivity index (χ3n) is 8.68. The van der Waals surface area contributed by atoms with E-state index in [-0.39, 0.29) is 0 Å². The zero-order valence-electron chi connectivity index (χ0n) is 21.3. The van der Waals surface area contributed by atoms with Crippen LogP contribution in [0.1, 0.15) is 28.7 Å². The summed E-state index contributed by atoms with van der Waals surface area (Å²) in [4.78, 5) is -0.632. The zero-order valence-corrected chi connectivity index (χ0v) is 22.0. The van der Waals surface area contributed by atoms with Gasteiger partial charge in [0.2, 0.25) is 0 Å². The molecule has 1 heterocycles. The van der Waals surface area contributed by atoms with Crippen LogP contribution in [0.25, 0.3) is 38.6 Å². The molecule has 0 N–H and O–H groups in total. The molecule has 2 aliphatic rings. The number of alkyl halides is 1. The number of allylic oxidation sites excluding steroid dienone is 4. The van der Waals surface area contributed by atoms with Gasteiger partial charge in [-0.05, 0) is 45.9 Å². The van der Waals surface area contributed by atoms with E-state index < -0.39 is 10.3 Å². The van der Waals surface area contributed by atoms with Gasteiger partial charge in [0.25, 0.3) is 0 Å². The van der Waals surface area contributed by atoms with Gasteiger partial charge in [-0.1, -0.05) is 133 Å². The normalized spacial score (nSPS) is 21.6. The molecule has 2 heteroatoms. The quantitative estimate of drug-likeness (QED) is 0.211. The topological polar surface area (TPSA) is 13.1 Å². The minimum Gasteiger partial charge on any atom is -0.455 e. The Morgan fingerprint density at radius 1 is 0.615 bits per heavy atom. The molecular formula is C37H25ClO. The van der Waals surface area contributed by atoms with Gasteiger partial charge in [-0.15, -0.1) is 11.6 Å². The number of halogens is 1. The van der Waals surface area contributed by atoms with Crippen molar-refractivity contribution < 1.29 is 4.42 Å². The average molecular weight is 521 g/mol. The lowest BCUT2D eigenvalue weighted by molar-refractivity contribution is 0.517. The fourth-order valence-corrected chi connectivity index (χ4v) is 7.63. The summed E-state index contributed by atoms with van der Waals surface area (Å²) >= 11 is 7.88. The van der Waals surface area contributed by atoms with Crippen molar-refractivity contribution in [2.24, 2.45) is 0 Å². The van der Waals surface area contributed by atoms with Gasteiger partial charge in [-0.25, -0.2) is 0 Å². The number of hydrogen-bond acceptors (Lipinski definition) is 1. The summed E-state index contributed by atoms with van der Waals surface area (Å²) in [5.74, 6) is 0. The maximum absolute atomic E-state index is 7.88. The second kappa shape index (κ2) is 8.33. The number of hydrogen-bond donors (Lipinski definition) is 0. The Balaban J connectivity index is 1.37. The third kappa shape index (κ3) is 2.97. The van der Waals surface area contributed by atoms with E-state index in [1.54, 1.807) is 0 Å². The molecule has 0 bridgehead atoms. The Labute approximate surface area is 232 Å². The highest BCUT2D eigenvalue weighted by molar-refractivity contribution is 6.34. The molecule has 186 valence electrons. The molecule has 6 aromatic rings. The monoisotopic (exact) mass is 520 g/mol. The molecule has 39 heavy (non-hydrogen) atoms. The Morgan fingerprint density at radius 2 is 1.31 bits per heavy atom. The van der Waals surface area contributed by atoms with Crippen molar-refractivity contribution in [3.05, 3.63) is 162 Å². The minimum absolute atomic E-state index is 0.535. The Morgan fingerprint density at radius 3 is 2.18 bits per heavy atom. The van der Waals surface area contributed by atoms with E-state index in [0.717, 1.165) is 39.5 Å². The van der Waals surface area contributed by atoms with Crippen molar-refractivity contribution in [3.63, 3.8) is 0 Å². The van der Waals surface area contributed by atoms with Gasteiger partial charge in [0.05, 0.1) is 10.3 Å². The van der Waals surface area contributed by atoms with E-state index in [9.17, 15) is 0 Å². The molecule has 1 aromatic heterocycles. The number of benzene rings is 5. The highest BCUT2D eigenvalue weighted by atomic mass is 35.5. The zero-order chi connectivity index (χ0) is 26.0. The first-order chi connectivity index (χ1) is 19.2. The van der Waals surface area contributed by atoms with E-state index in [1.165, 1.54) is 27.8 Å². The molecule has 2 atom stereocenters. The molecule has 0 amide bonds. The average Bonchev–Trinajstić information content (AvgIpc) is 3.49. The molecule has 2 unspecified atom stereocenters. The van der Waals surface area contributed by atoms with Gasteiger partial charge in [-0.3, -0.25) is 0 Å². The number of furan rings is 1. The summed E-state index contributed by atoms with van der Waals surface area (Å²) in [6.45, 7) is 0. The molecule has 1 nitrogen and oxygen atoms in total. The van der Waals surface area contributed by atoms with Crippen molar-refractivity contribution in [2.45, 2.75) is 16.7 Å². The van der Waals surface area contributed by atoms with Crippen LogP contribution in [0.3, 0.4) is 0 Å². The summed E-state index contributed by atoms with van der Waals surface area (Å²) < 4.78 is 6.35. The van der Waals surface area contributed by atoms with Gasteiger partial charge < -0.3 is 4.42 Å². The second-order valence-corrected chi connectivity index (χ2v) is 11.2. The summed E-state index contributed by atoms with van der Waals surface area (Å²) in [5.41, 5.74) is 9.61. The summed E-state index contributed by atoms with van der Waals surface area (Å²) in [6.07, 6.45) is 7.31. The Kier molecular flexibility index (Phi) is 4.84. The highest BCUT2D eigenvalue weighted by Gasteiger charge is 2.61. The Bertz CT molecular complexity index is 1940. The van der Waals surface area contributed by atoms with Crippen LogP contribution in [-0.2, 0) is 5.41 Å². The lowest BCUT2D eigenvalue weighted by Crippen LogP contribution is -2.46. The highest BCUT2D eigenvalue weighted by Crippen LogP contribution is 2.64. The summed E-state index contributed by atoms with van der Waals surface area (Å²) in [6, 6.07) is 43.1. The van der Waals surface area contributed by atoms with Crippen LogP contribution in [0.15, 0.2) is 144 Å². The van der Waals surface area contributed by atoms with Crippen LogP contribution in [0, 0.1) is 0 Å². The van der Waals surface area contributed by atoms with E-state index >= 15 is 0 Å². The fraction of sp³-hybridized carbons (Fsp3) is 0.0811. The molecular weight excluding hydrogens is 496 g/mol. The lowest BCUT2D eigenvalue weighted by Gasteiger charge is -2.44. The number of para-hydroxylation sites is 2. The van der Waals surface area contributed by atoms with Crippen molar-refractivity contribution >= 4 is 39.1 Å². The van der Waals surface area contributed by atoms with E-state index in [2.05, 4.69) is 127 Å². The number of rotatable bonds is 3. The maximum atomic E-state index is 7.88. The minimum atomic E-state index is -0.632. The van der Waals surface area contributed by atoms with Crippen molar-refractivity contribution in [1.82, 2.24) is 0 Å². The van der Waals surface area contributed by atoms with Gasteiger partial charge in [0.15, 0.2) is 0 Å². The van der Waals surface area contributed by atoms with Gasteiger partial charge in [0, 0.05) is 16.3 Å². The van der Waals surface area contributed by atoms with Crippen molar-refractivity contribution in [3.8, 4) is 11.1 Å². The van der Waals surface area contributed by atoms with Crippen LogP contribution in [-0.4, -0.2) is 4.87 Å². The standard InChI is InChI=1S/C37H25ClO/c38-36-24-9-8-17-32(36)31-14-4-6-18-33(31)37(36,26-11-2-1-3-12-26)27-22-20-25(21-23-27)28-15-10-16-30-29-13-5-7-19-34(29)39-35(28)30/h1-23H,24H2. The van der Waals surface area contributed by atoms with Crippen molar-refractivity contribution in [1.29, 1.82) is 0 Å².